The zero-order valence-electron chi connectivity index (χ0n) is 5.81. The maximum atomic E-state index is 10.9. The molecule has 1 aliphatic rings. The molecular weight excluding hydrogens is 196 g/mol. The Hall–Kier alpha value is -0.0500. The molecule has 1 rings (SSSR count). The highest BCUT2D eigenvalue weighted by Gasteiger charge is 2.17. The van der Waals surface area contributed by atoms with E-state index in [0.717, 1.165) is 19.3 Å². The van der Waals surface area contributed by atoms with Gasteiger partial charge in [0.05, 0.1) is 6.61 Å². The molecular formula is C7H11BrO2. The number of halogens is 1. The van der Waals surface area contributed by atoms with E-state index in [1.807, 2.05) is 0 Å². The zero-order chi connectivity index (χ0) is 7.40. The highest BCUT2D eigenvalue weighted by Crippen LogP contribution is 2.15. The lowest BCUT2D eigenvalue weighted by molar-refractivity contribution is -0.143. The number of cyclic esters (lactones) is 1. The van der Waals surface area contributed by atoms with Crippen LogP contribution in [0.1, 0.15) is 25.7 Å². The molecule has 1 saturated heterocycles. The topological polar surface area (TPSA) is 26.3 Å². The number of carbonyl (C=O) groups is 1. The molecule has 3 heteroatoms. The molecule has 58 valence electrons. The van der Waals surface area contributed by atoms with Gasteiger partial charge in [-0.3, -0.25) is 4.79 Å². The van der Waals surface area contributed by atoms with Crippen LogP contribution in [0.15, 0.2) is 0 Å². The van der Waals surface area contributed by atoms with Gasteiger partial charge in [0.15, 0.2) is 0 Å². The van der Waals surface area contributed by atoms with Gasteiger partial charge in [-0.2, -0.15) is 0 Å². The second-order valence-electron chi connectivity index (χ2n) is 2.48. The summed E-state index contributed by atoms with van der Waals surface area (Å²) >= 11 is 3.26. The van der Waals surface area contributed by atoms with Crippen LogP contribution in [0.3, 0.4) is 0 Å². The van der Waals surface area contributed by atoms with E-state index in [1.54, 1.807) is 0 Å². The van der Waals surface area contributed by atoms with Crippen LogP contribution in [-0.4, -0.2) is 17.4 Å². The van der Waals surface area contributed by atoms with Crippen molar-refractivity contribution in [1.29, 1.82) is 0 Å². The third-order valence-corrected chi connectivity index (χ3v) is 2.43. The molecule has 0 spiro atoms. The number of rotatable bonds is 0. The molecule has 0 N–H and O–H groups in total. The summed E-state index contributed by atoms with van der Waals surface area (Å²) in [6, 6.07) is 0. The van der Waals surface area contributed by atoms with Crippen molar-refractivity contribution in [3.05, 3.63) is 0 Å². The van der Waals surface area contributed by atoms with Crippen molar-refractivity contribution in [2.75, 3.05) is 6.61 Å². The summed E-state index contributed by atoms with van der Waals surface area (Å²) in [7, 11) is 0. The zero-order valence-corrected chi connectivity index (χ0v) is 7.39. The van der Waals surface area contributed by atoms with Crippen LogP contribution >= 0.6 is 15.9 Å². The second kappa shape index (κ2) is 3.96. The molecule has 0 aromatic carbocycles. The molecule has 1 aliphatic heterocycles. The van der Waals surface area contributed by atoms with Crippen molar-refractivity contribution < 1.29 is 9.53 Å². The van der Waals surface area contributed by atoms with Crippen LogP contribution in [0.2, 0.25) is 0 Å². The Morgan fingerprint density at radius 1 is 1.40 bits per heavy atom. The summed E-state index contributed by atoms with van der Waals surface area (Å²) in [5, 5.41) is 0. The molecule has 0 aromatic heterocycles. The van der Waals surface area contributed by atoms with Crippen LogP contribution in [0.5, 0.6) is 0 Å². The quantitative estimate of drug-likeness (QED) is 0.447. The highest BCUT2D eigenvalue weighted by atomic mass is 79.9. The average molecular weight is 207 g/mol. The minimum atomic E-state index is -0.0975. The Morgan fingerprint density at radius 3 is 3.00 bits per heavy atom. The van der Waals surface area contributed by atoms with E-state index in [0.29, 0.717) is 6.61 Å². The van der Waals surface area contributed by atoms with Crippen LogP contribution < -0.4 is 0 Å². The average Bonchev–Trinajstić information content (AvgIpc) is 1.92. The lowest BCUT2D eigenvalue weighted by atomic mass is 10.1. The third kappa shape index (κ3) is 2.29. The number of hydrogen-bond donors (Lipinski definition) is 0. The normalized spacial score (nSPS) is 28.5. The minimum absolute atomic E-state index is 0.0622. The van der Waals surface area contributed by atoms with E-state index < -0.39 is 0 Å². The molecule has 1 atom stereocenters. The predicted molar refractivity (Wildman–Crippen MR) is 42.1 cm³/mol. The fraction of sp³-hybridized carbons (Fsp3) is 0.857. The summed E-state index contributed by atoms with van der Waals surface area (Å²) in [6.45, 7) is 0.598. The predicted octanol–water partition coefficient (Wildman–Crippen LogP) is 1.87. The lowest BCUT2D eigenvalue weighted by Crippen LogP contribution is -2.19. The Kier molecular flexibility index (Phi) is 3.19. The Morgan fingerprint density at radius 2 is 2.20 bits per heavy atom. The minimum Gasteiger partial charge on any atom is -0.465 e. The summed E-state index contributed by atoms with van der Waals surface area (Å²) < 4.78 is 4.91. The summed E-state index contributed by atoms with van der Waals surface area (Å²) in [5.41, 5.74) is 0. The smallest absolute Gasteiger partial charge is 0.319 e. The number of hydrogen-bond acceptors (Lipinski definition) is 2. The number of ether oxygens (including phenoxy) is 1. The van der Waals surface area contributed by atoms with E-state index in [-0.39, 0.29) is 10.8 Å². The van der Waals surface area contributed by atoms with Crippen molar-refractivity contribution in [1.82, 2.24) is 0 Å². The van der Waals surface area contributed by atoms with Crippen molar-refractivity contribution in [3.8, 4) is 0 Å². The maximum Gasteiger partial charge on any atom is 0.319 e. The first-order valence-corrected chi connectivity index (χ1v) is 4.53. The van der Waals surface area contributed by atoms with Gasteiger partial charge >= 0.3 is 5.97 Å². The second-order valence-corrected chi connectivity index (χ2v) is 3.59. The molecule has 10 heavy (non-hydrogen) atoms. The monoisotopic (exact) mass is 206 g/mol. The standard InChI is InChI=1S/C7H11BrO2/c8-6-4-2-1-3-5-10-7(6)9/h6H,1-5H2. The van der Waals surface area contributed by atoms with Gasteiger partial charge in [0.2, 0.25) is 0 Å². The van der Waals surface area contributed by atoms with Crippen molar-refractivity contribution >= 4 is 21.9 Å². The van der Waals surface area contributed by atoms with Crippen LogP contribution in [0.4, 0.5) is 0 Å². The highest BCUT2D eigenvalue weighted by molar-refractivity contribution is 9.10. The van der Waals surface area contributed by atoms with Crippen LogP contribution in [0, 0.1) is 0 Å². The molecule has 0 saturated carbocycles. The van der Waals surface area contributed by atoms with Gasteiger partial charge in [0.1, 0.15) is 4.83 Å². The molecule has 1 heterocycles. The number of alkyl halides is 1. The summed E-state index contributed by atoms with van der Waals surface area (Å²) in [6.07, 6.45) is 4.24. The third-order valence-electron chi connectivity index (χ3n) is 1.60. The van der Waals surface area contributed by atoms with E-state index in [4.69, 9.17) is 4.74 Å². The van der Waals surface area contributed by atoms with Gasteiger partial charge in [-0.1, -0.05) is 28.8 Å². The molecule has 0 radical (unpaired) electrons. The van der Waals surface area contributed by atoms with Crippen molar-refractivity contribution in [2.24, 2.45) is 0 Å². The van der Waals surface area contributed by atoms with E-state index >= 15 is 0 Å². The first-order chi connectivity index (χ1) is 4.80. The van der Waals surface area contributed by atoms with Gasteiger partial charge in [0, 0.05) is 0 Å². The van der Waals surface area contributed by atoms with Crippen LogP contribution in [-0.2, 0) is 9.53 Å². The molecule has 0 bridgehead atoms. The van der Waals surface area contributed by atoms with Gasteiger partial charge in [-0.05, 0) is 12.8 Å². The first kappa shape index (κ1) is 8.05. The van der Waals surface area contributed by atoms with Gasteiger partial charge in [-0.15, -0.1) is 0 Å². The van der Waals surface area contributed by atoms with Gasteiger partial charge in [0.25, 0.3) is 0 Å². The maximum absolute atomic E-state index is 10.9. The molecule has 1 unspecified atom stereocenters. The Labute approximate surface area is 69.1 Å². The van der Waals surface area contributed by atoms with Crippen molar-refractivity contribution in [3.63, 3.8) is 0 Å². The molecule has 2 nitrogen and oxygen atoms in total. The van der Waals surface area contributed by atoms with E-state index in [9.17, 15) is 4.79 Å². The van der Waals surface area contributed by atoms with E-state index in [1.165, 1.54) is 6.42 Å². The first-order valence-electron chi connectivity index (χ1n) is 3.61. The molecule has 1 fully saturated rings. The number of carbonyl (C=O) groups excluding carboxylic acids is 1. The summed E-state index contributed by atoms with van der Waals surface area (Å²) in [5.74, 6) is -0.0975. The molecule has 0 aliphatic carbocycles. The van der Waals surface area contributed by atoms with E-state index in [2.05, 4.69) is 15.9 Å². The van der Waals surface area contributed by atoms with Crippen LogP contribution in [0.25, 0.3) is 0 Å². The largest absolute Gasteiger partial charge is 0.465 e. The summed E-state index contributed by atoms with van der Waals surface area (Å²) in [4.78, 5) is 10.8. The lowest BCUT2D eigenvalue weighted by Gasteiger charge is -2.13. The molecule has 0 amide bonds. The van der Waals surface area contributed by atoms with Gasteiger partial charge in [-0.25, -0.2) is 0 Å². The van der Waals surface area contributed by atoms with Gasteiger partial charge < -0.3 is 4.74 Å². The SMILES string of the molecule is O=C1OCCCCCC1Br. The number of esters is 1. The fourth-order valence-electron chi connectivity index (χ4n) is 0.983. The van der Waals surface area contributed by atoms with Crippen molar-refractivity contribution in [2.45, 2.75) is 30.5 Å². The Bertz CT molecular complexity index is 125. The Balaban J connectivity index is 2.35. The molecule has 0 aromatic rings. The fourth-order valence-corrected chi connectivity index (χ4v) is 1.44.